The summed E-state index contributed by atoms with van der Waals surface area (Å²) in [7, 11) is -3.24. The van der Waals surface area contributed by atoms with Crippen LogP contribution >= 0.6 is 18.9 Å². The van der Waals surface area contributed by atoms with Gasteiger partial charge in [-0.05, 0) is 0 Å². The summed E-state index contributed by atoms with van der Waals surface area (Å²) in [4.78, 5) is -2.24. The molecule has 1 unspecified atom stereocenters. The van der Waals surface area contributed by atoms with E-state index in [0.29, 0.717) is 0 Å². The van der Waals surface area contributed by atoms with Crippen molar-refractivity contribution in [1.82, 2.24) is 0 Å². The molecule has 0 aliphatic rings. The number of halogens is 2. The van der Waals surface area contributed by atoms with Gasteiger partial charge in [-0.1, -0.05) is 0 Å². The summed E-state index contributed by atoms with van der Waals surface area (Å²) >= 11 is 5.40. The molecule has 0 fully saturated rings. The van der Waals surface area contributed by atoms with E-state index in [9.17, 15) is 4.39 Å². The van der Waals surface area contributed by atoms with E-state index in [0.717, 1.165) is 0 Å². The van der Waals surface area contributed by atoms with E-state index >= 15 is 0 Å². The molecule has 6 heteroatoms. The van der Waals surface area contributed by atoms with Gasteiger partial charge in [-0.15, -0.1) is 0 Å². The van der Waals surface area contributed by atoms with E-state index in [1.807, 2.05) is 0 Å². The Hall–Kier alpha value is 0.530. The van der Waals surface area contributed by atoms with Gasteiger partial charge in [-0.3, -0.25) is 0 Å². The van der Waals surface area contributed by atoms with Gasteiger partial charge in [0.15, 0.2) is 0 Å². The molecule has 0 aromatic carbocycles. The normalized spacial score (nSPS) is 18.8. The SMILES string of the molecule is [CH2]CC(F)(Cl)[PH](CO)(CO)CO. The molecular formula is C6H14ClFO3P. The Morgan fingerprint density at radius 2 is 1.58 bits per heavy atom. The predicted octanol–water partition coefficient (Wildman–Crippen LogP) is 0.672. The minimum absolute atomic E-state index is 0.275. The second kappa shape index (κ2) is 4.68. The molecule has 3 nitrogen and oxygen atoms in total. The third-order valence-electron chi connectivity index (χ3n) is 2.00. The zero-order valence-corrected chi connectivity index (χ0v) is 8.39. The van der Waals surface area contributed by atoms with Gasteiger partial charge in [-0.25, -0.2) is 0 Å². The summed E-state index contributed by atoms with van der Waals surface area (Å²) in [5.74, 6) is 0. The first kappa shape index (κ1) is 12.5. The number of aliphatic hydroxyl groups excluding tert-OH is 3. The van der Waals surface area contributed by atoms with E-state index in [2.05, 4.69) is 6.92 Å². The molecule has 0 aliphatic carbocycles. The van der Waals surface area contributed by atoms with Crippen molar-refractivity contribution in [2.24, 2.45) is 0 Å². The first-order valence-electron chi connectivity index (χ1n) is 3.49. The number of rotatable bonds is 5. The maximum absolute atomic E-state index is 13.4. The van der Waals surface area contributed by atoms with Crippen molar-refractivity contribution in [1.29, 1.82) is 0 Å². The summed E-state index contributed by atoms with van der Waals surface area (Å²) in [5, 5.41) is 26.5. The molecule has 0 bridgehead atoms. The maximum atomic E-state index is 13.4. The van der Waals surface area contributed by atoms with Crippen molar-refractivity contribution >= 4 is 18.9 Å². The Morgan fingerprint density at radius 3 is 1.67 bits per heavy atom. The molecule has 0 amide bonds. The number of hydrogen-bond acceptors (Lipinski definition) is 3. The fourth-order valence-corrected chi connectivity index (χ4v) is 2.82. The Morgan fingerprint density at radius 1 is 1.25 bits per heavy atom. The Bertz CT molecular complexity index is 132. The van der Waals surface area contributed by atoms with Gasteiger partial charge >= 0.3 is 75.8 Å². The molecule has 0 saturated carbocycles. The van der Waals surface area contributed by atoms with Crippen molar-refractivity contribution in [2.75, 3.05) is 19.0 Å². The first-order valence-corrected chi connectivity index (χ1v) is 6.49. The summed E-state index contributed by atoms with van der Waals surface area (Å²) in [6.07, 6.45) is -2.04. The van der Waals surface area contributed by atoms with Crippen molar-refractivity contribution < 1.29 is 19.7 Å². The van der Waals surface area contributed by atoms with Crippen molar-refractivity contribution in [3.05, 3.63) is 6.92 Å². The first-order chi connectivity index (χ1) is 5.49. The van der Waals surface area contributed by atoms with Crippen LogP contribution in [0.25, 0.3) is 0 Å². The third-order valence-corrected chi connectivity index (χ3v) is 7.01. The van der Waals surface area contributed by atoms with Gasteiger partial charge in [0.1, 0.15) is 0 Å². The van der Waals surface area contributed by atoms with Crippen LogP contribution in [0.15, 0.2) is 0 Å². The molecule has 0 rings (SSSR count). The summed E-state index contributed by atoms with van der Waals surface area (Å²) in [6.45, 7) is 3.26. The molecular weight excluding hydrogens is 205 g/mol. The minimum atomic E-state index is -3.24. The van der Waals surface area contributed by atoms with Crippen molar-refractivity contribution in [3.63, 3.8) is 0 Å². The van der Waals surface area contributed by atoms with Gasteiger partial charge in [-0.2, -0.15) is 0 Å². The molecule has 3 N–H and O–H groups in total. The van der Waals surface area contributed by atoms with Crippen LogP contribution in [0.2, 0.25) is 0 Å². The Kier molecular flexibility index (Phi) is 4.89. The topological polar surface area (TPSA) is 60.7 Å². The van der Waals surface area contributed by atoms with E-state index in [4.69, 9.17) is 26.9 Å². The summed E-state index contributed by atoms with van der Waals surface area (Å²) in [6, 6.07) is 0. The van der Waals surface area contributed by atoms with Gasteiger partial charge in [0.2, 0.25) is 0 Å². The average Bonchev–Trinajstić information content (AvgIpc) is 2.08. The summed E-state index contributed by atoms with van der Waals surface area (Å²) < 4.78 is 13.4. The van der Waals surface area contributed by atoms with Gasteiger partial charge < -0.3 is 0 Å². The standard InChI is InChI=1S/C6H14ClFO3P/c1-2-6(7,8)12(3-9,4-10)5-11/h9-12H,1-5H2. The molecule has 1 radical (unpaired) electrons. The van der Waals surface area contributed by atoms with Crippen LogP contribution in [0.3, 0.4) is 0 Å². The molecule has 1 atom stereocenters. The number of aliphatic hydroxyl groups is 3. The van der Waals surface area contributed by atoms with Crippen molar-refractivity contribution in [3.8, 4) is 0 Å². The second-order valence-electron chi connectivity index (χ2n) is 2.71. The van der Waals surface area contributed by atoms with E-state index < -0.39 is 31.2 Å². The summed E-state index contributed by atoms with van der Waals surface area (Å²) in [5.41, 5.74) is 0. The fourth-order valence-electron chi connectivity index (χ4n) is 0.762. The van der Waals surface area contributed by atoms with Crippen LogP contribution < -0.4 is 0 Å². The molecule has 0 spiro atoms. The average molecular weight is 220 g/mol. The zero-order chi connectivity index (χ0) is 9.83. The van der Waals surface area contributed by atoms with Crippen LogP contribution in [0.1, 0.15) is 6.42 Å². The van der Waals surface area contributed by atoms with Crippen molar-refractivity contribution in [2.45, 2.75) is 11.3 Å². The molecule has 75 valence electrons. The molecule has 0 aliphatic heterocycles. The molecule has 0 aromatic heterocycles. The van der Waals surface area contributed by atoms with Crippen LogP contribution in [0.4, 0.5) is 4.39 Å². The fraction of sp³-hybridized carbons (Fsp3) is 0.833. The van der Waals surface area contributed by atoms with Crippen LogP contribution in [-0.2, 0) is 0 Å². The van der Waals surface area contributed by atoms with Crippen LogP contribution in [-0.4, -0.2) is 39.2 Å². The third kappa shape index (κ3) is 2.06. The Labute approximate surface area is 76.5 Å². The molecule has 12 heavy (non-hydrogen) atoms. The monoisotopic (exact) mass is 219 g/mol. The van der Waals surface area contributed by atoms with E-state index in [-0.39, 0.29) is 6.42 Å². The Balaban J connectivity index is 4.69. The quantitative estimate of drug-likeness (QED) is 0.471. The van der Waals surface area contributed by atoms with Gasteiger partial charge in [0, 0.05) is 0 Å². The molecule has 0 heterocycles. The number of hydrogen-bond donors (Lipinski definition) is 3. The van der Waals surface area contributed by atoms with Gasteiger partial charge in [0.05, 0.1) is 0 Å². The number of alkyl halides is 2. The zero-order valence-electron chi connectivity index (χ0n) is 6.63. The molecule has 0 aromatic rings. The predicted molar refractivity (Wildman–Crippen MR) is 49.2 cm³/mol. The van der Waals surface area contributed by atoms with Crippen LogP contribution in [0, 0.1) is 6.92 Å². The van der Waals surface area contributed by atoms with E-state index in [1.54, 1.807) is 0 Å². The van der Waals surface area contributed by atoms with Gasteiger partial charge in [0.25, 0.3) is 0 Å². The van der Waals surface area contributed by atoms with E-state index in [1.165, 1.54) is 0 Å². The second-order valence-corrected chi connectivity index (χ2v) is 7.93. The van der Waals surface area contributed by atoms with Crippen LogP contribution in [0.5, 0.6) is 0 Å². The molecule has 0 saturated heterocycles.